The topological polar surface area (TPSA) is 43.1 Å². The van der Waals surface area contributed by atoms with E-state index in [1.807, 2.05) is 6.07 Å². The Bertz CT molecular complexity index is 469. The van der Waals surface area contributed by atoms with Crippen molar-refractivity contribution in [2.75, 3.05) is 0 Å². The zero-order chi connectivity index (χ0) is 10.3. The summed E-state index contributed by atoms with van der Waals surface area (Å²) in [6.07, 6.45) is 1.73. The van der Waals surface area contributed by atoms with E-state index < -0.39 is 0 Å². The predicted octanol–water partition coefficient (Wildman–Crippen LogP) is 0.922. The summed E-state index contributed by atoms with van der Waals surface area (Å²) in [7, 11) is 2.68. The fraction of sp³-hybridized carbons (Fsp3) is 0.444. The van der Waals surface area contributed by atoms with Crippen molar-refractivity contribution in [2.24, 2.45) is 0 Å². The lowest BCUT2D eigenvalue weighted by molar-refractivity contribution is 0.558. The molecule has 4 nitrogen and oxygen atoms in total. The SMILES string of the molecule is CC(C)(C)c1nnc2ccnn2c1P. The molecule has 0 aliphatic rings. The van der Waals surface area contributed by atoms with E-state index in [0.29, 0.717) is 0 Å². The maximum absolute atomic E-state index is 4.22. The molecule has 0 aliphatic heterocycles. The summed E-state index contributed by atoms with van der Waals surface area (Å²) >= 11 is 0. The minimum absolute atomic E-state index is 0.00970. The van der Waals surface area contributed by atoms with Crippen LogP contribution in [0, 0.1) is 0 Å². The standard InChI is InChI=1S/C9H13N4P/c1-9(2,3)7-8(14)13-6(11-12-7)4-5-10-13/h4-5H,14H2,1-3H3. The molecule has 1 unspecified atom stereocenters. The average Bonchev–Trinajstić information content (AvgIpc) is 2.50. The van der Waals surface area contributed by atoms with Gasteiger partial charge in [0.25, 0.3) is 0 Å². The number of hydrogen-bond donors (Lipinski definition) is 0. The second kappa shape index (κ2) is 2.99. The van der Waals surface area contributed by atoms with Gasteiger partial charge < -0.3 is 0 Å². The number of nitrogens with zero attached hydrogens (tertiary/aromatic N) is 4. The van der Waals surface area contributed by atoms with Crippen LogP contribution in [0.2, 0.25) is 0 Å². The highest BCUT2D eigenvalue weighted by atomic mass is 31.0. The molecule has 0 saturated carbocycles. The van der Waals surface area contributed by atoms with Crippen LogP contribution >= 0.6 is 9.24 Å². The maximum atomic E-state index is 4.22. The van der Waals surface area contributed by atoms with Crippen molar-refractivity contribution < 1.29 is 0 Å². The Labute approximate surface area is 84.9 Å². The highest BCUT2D eigenvalue weighted by molar-refractivity contribution is 7.27. The summed E-state index contributed by atoms with van der Waals surface area (Å²) in [5.74, 6) is 0. The van der Waals surface area contributed by atoms with Crippen LogP contribution in [0.4, 0.5) is 0 Å². The van der Waals surface area contributed by atoms with Crippen LogP contribution in [0.3, 0.4) is 0 Å². The Morgan fingerprint density at radius 2 is 2.00 bits per heavy atom. The molecule has 2 aromatic rings. The highest BCUT2D eigenvalue weighted by Gasteiger charge is 2.20. The predicted molar refractivity (Wildman–Crippen MR) is 58.8 cm³/mol. The average molecular weight is 208 g/mol. The number of fused-ring (bicyclic) bond motifs is 1. The molecule has 0 bridgehead atoms. The van der Waals surface area contributed by atoms with Crippen LogP contribution in [0.5, 0.6) is 0 Å². The molecule has 0 aliphatic carbocycles. The second-order valence-corrected chi connectivity index (χ2v) is 4.83. The quantitative estimate of drug-likeness (QED) is 0.605. The third kappa shape index (κ3) is 1.40. The smallest absolute Gasteiger partial charge is 0.177 e. The van der Waals surface area contributed by atoms with Gasteiger partial charge in [0.2, 0.25) is 0 Å². The van der Waals surface area contributed by atoms with E-state index >= 15 is 0 Å². The van der Waals surface area contributed by atoms with Gasteiger partial charge in [-0.2, -0.15) is 10.2 Å². The summed E-state index contributed by atoms with van der Waals surface area (Å²) < 4.78 is 1.79. The van der Waals surface area contributed by atoms with E-state index in [1.54, 1.807) is 10.7 Å². The van der Waals surface area contributed by atoms with Crippen molar-refractivity contribution in [1.82, 2.24) is 19.8 Å². The Morgan fingerprint density at radius 3 is 2.64 bits per heavy atom. The first kappa shape index (κ1) is 9.53. The highest BCUT2D eigenvalue weighted by Crippen LogP contribution is 2.18. The molecule has 0 spiro atoms. The molecule has 2 heterocycles. The van der Waals surface area contributed by atoms with E-state index in [4.69, 9.17) is 0 Å². The molecule has 0 amide bonds. The second-order valence-electron chi connectivity index (χ2n) is 4.29. The summed E-state index contributed by atoms with van der Waals surface area (Å²) in [5, 5.41) is 12.5. The molecular weight excluding hydrogens is 195 g/mol. The molecule has 2 aromatic heterocycles. The van der Waals surface area contributed by atoms with E-state index in [2.05, 4.69) is 45.3 Å². The zero-order valence-electron chi connectivity index (χ0n) is 8.52. The zero-order valence-corrected chi connectivity index (χ0v) is 9.68. The Balaban J connectivity index is 2.74. The molecule has 2 rings (SSSR count). The maximum Gasteiger partial charge on any atom is 0.177 e. The first-order valence-corrected chi connectivity index (χ1v) is 5.04. The lowest BCUT2D eigenvalue weighted by atomic mass is 9.93. The molecule has 5 heteroatoms. The van der Waals surface area contributed by atoms with Gasteiger partial charge in [0.1, 0.15) is 0 Å². The lowest BCUT2D eigenvalue weighted by Crippen LogP contribution is -2.26. The van der Waals surface area contributed by atoms with Crippen molar-refractivity contribution >= 4 is 20.3 Å². The van der Waals surface area contributed by atoms with Crippen molar-refractivity contribution in [3.05, 3.63) is 18.0 Å². The van der Waals surface area contributed by atoms with Crippen LogP contribution in [-0.4, -0.2) is 19.8 Å². The van der Waals surface area contributed by atoms with Gasteiger partial charge >= 0.3 is 0 Å². The molecule has 74 valence electrons. The van der Waals surface area contributed by atoms with E-state index in [9.17, 15) is 0 Å². The monoisotopic (exact) mass is 208 g/mol. The van der Waals surface area contributed by atoms with Crippen LogP contribution in [0.15, 0.2) is 12.3 Å². The van der Waals surface area contributed by atoms with Gasteiger partial charge in [-0.3, -0.25) is 0 Å². The Morgan fingerprint density at radius 1 is 1.29 bits per heavy atom. The first-order valence-electron chi connectivity index (χ1n) is 4.46. The van der Waals surface area contributed by atoms with Gasteiger partial charge in [-0.15, -0.1) is 5.10 Å². The van der Waals surface area contributed by atoms with Crippen molar-refractivity contribution in [3.63, 3.8) is 0 Å². The van der Waals surface area contributed by atoms with Gasteiger partial charge in [-0.25, -0.2) is 4.52 Å². The summed E-state index contributed by atoms with van der Waals surface area (Å²) in [4.78, 5) is 0. The molecule has 1 atom stereocenters. The van der Waals surface area contributed by atoms with Crippen molar-refractivity contribution in [2.45, 2.75) is 26.2 Å². The van der Waals surface area contributed by atoms with E-state index in [-0.39, 0.29) is 5.41 Å². The number of hydrogen-bond acceptors (Lipinski definition) is 3. The van der Waals surface area contributed by atoms with Gasteiger partial charge in [0.15, 0.2) is 5.65 Å². The Kier molecular flexibility index (Phi) is 2.04. The van der Waals surface area contributed by atoms with Crippen LogP contribution in [0.1, 0.15) is 26.5 Å². The summed E-state index contributed by atoms with van der Waals surface area (Å²) in [6.45, 7) is 6.33. The van der Waals surface area contributed by atoms with Crippen LogP contribution in [0.25, 0.3) is 5.65 Å². The van der Waals surface area contributed by atoms with E-state index in [1.165, 1.54) is 0 Å². The van der Waals surface area contributed by atoms with Crippen molar-refractivity contribution in [1.29, 1.82) is 0 Å². The molecule has 0 aromatic carbocycles. The minimum atomic E-state index is -0.00970. The van der Waals surface area contributed by atoms with Gasteiger partial charge in [-0.05, 0) is 0 Å². The summed E-state index contributed by atoms with van der Waals surface area (Å²) in [5.41, 5.74) is 2.71. The molecule has 0 N–H and O–H groups in total. The third-order valence-corrected chi connectivity index (χ3v) is 2.57. The van der Waals surface area contributed by atoms with Gasteiger partial charge in [0.05, 0.1) is 17.3 Å². The van der Waals surface area contributed by atoms with Crippen molar-refractivity contribution in [3.8, 4) is 0 Å². The molecule has 14 heavy (non-hydrogen) atoms. The third-order valence-electron chi connectivity index (χ3n) is 2.06. The molecule has 0 fully saturated rings. The Hall–Kier alpha value is -1.02. The summed E-state index contributed by atoms with van der Waals surface area (Å²) in [6, 6.07) is 1.84. The number of rotatable bonds is 0. The van der Waals surface area contributed by atoms with Crippen LogP contribution < -0.4 is 5.44 Å². The van der Waals surface area contributed by atoms with E-state index in [0.717, 1.165) is 16.8 Å². The lowest BCUT2D eigenvalue weighted by Gasteiger charge is -2.18. The molecular formula is C9H13N4P. The molecule has 0 saturated heterocycles. The minimum Gasteiger partial charge on any atom is -0.212 e. The van der Waals surface area contributed by atoms with Crippen LogP contribution in [-0.2, 0) is 5.41 Å². The normalized spacial score (nSPS) is 12.3. The van der Waals surface area contributed by atoms with Gasteiger partial charge in [-0.1, -0.05) is 30.0 Å². The first-order chi connectivity index (χ1) is 6.50. The fourth-order valence-electron chi connectivity index (χ4n) is 1.34. The fourth-order valence-corrected chi connectivity index (χ4v) is 2.03. The number of aromatic nitrogens is 4. The molecule has 0 radical (unpaired) electrons. The van der Waals surface area contributed by atoms with Gasteiger partial charge in [0, 0.05) is 11.5 Å². The largest absolute Gasteiger partial charge is 0.212 e.